The molecule has 0 aliphatic heterocycles. The normalized spacial score (nSPS) is 10.5. The number of aromatic amines is 1. The minimum atomic E-state index is -0.468. The van der Waals surface area contributed by atoms with Gasteiger partial charge in [-0.2, -0.15) is 0 Å². The van der Waals surface area contributed by atoms with E-state index in [2.05, 4.69) is 4.98 Å². The third-order valence-electron chi connectivity index (χ3n) is 3.98. The fourth-order valence-electron chi connectivity index (χ4n) is 2.72. The van der Waals surface area contributed by atoms with Gasteiger partial charge in [-0.25, -0.2) is 9.18 Å². The Kier molecular flexibility index (Phi) is 5.39. The van der Waals surface area contributed by atoms with Crippen LogP contribution in [0.25, 0.3) is 0 Å². The number of hydrogen-bond acceptors (Lipinski definition) is 3. The average molecular weight is 332 g/mol. The van der Waals surface area contributed by atoms with Crippen molar-refractivity contribution in [3.05, 3.63) is 52.6 Å². The molecule has 1 amide bonds. The lowest BCUT2D eigenvalue weighted by Gasteiger charge is -2.21. The molecule has 0 unspecified atom stereocenters. The number of ether oxygens (including phenoxy) is 1. The van der Waals surface area contributed by atoms with E-state index in [4.69, 9.17) is 4.74 Å². The molecule has 0 atom stereocenters. The minimum Gasteiger partial charge on any atom is -0.465 e. The first-order valence-corrected chi connectivity index (χ1v) is 7.81. The molecule has 24 heavy (non-hydrogen) atoms. The van der Waals surface area contributed by atoms with Crippen LogP contribution in [0.2, 0.25) is 0 Å². The molecule has 0 aliphatic carbocycles. The Balaban J connectivity index is 2.46. The van der Waals surface area contributed by atoms with Gasteiger partial charge in [-0.3, -0.25) is 4.79 Å². The van der Waals surface area contributed by atoms with Crippen LogP contribution in [0.1, 0.15) is 46.0 Å². The molecule has 2 aromatic rings. The fourth-order valence-corrected chi connectivity index (χ4v) is 2.72. The van der Waals surface area contributed by atoms with Gasteiger partial charge in [0.1, 0.15) is 11.5 Å². The van der Waals surface area contributed by atoms with Gasteiger partial charge in [0, 0.05) is 17.9 Å². The van der Waals surface area contributed by atoms with Crippen LogP contribution in [0.3, 0.4) is 0 Å². The first-order valence-electron chi connectivity index (χ1n) is 7.81. The molecular formula is C18H21FN2O3. The van der Waals surface area contributed by atoms with Gasteiger partial charge >= 0.3 is 5.97 Å². The molecule has 0 bridgehead atoms. The highest BCUT2D eigenvalue weighted by atomic mass is 19.1. The zero-order valence-electron chi connectivity index (χ0n) is 14.3. The van der Waals surface area contributed by atoms with Crippen LogP contribution in [0.5, 0.6) is 0 Å². The molecule has 1 aromatic carbocycles. The SMILES string of the molecule is CCc1[nH]c(C(=O)N(CC)c2ccc(F)cc2)c(C)c1C(=O)OC. The van der Waals surface area contributed by atoms with Crippen LogP contribution in [-0.4, -0.2) is 30.5 Å². The minimum absolute atomic E-state index is 0.272. The highest BCUT2D eigenvalue weighted by Crippen LogP contribution is 2.24. The summed E-state index contributed by atoms with van der Waals surface area (Å²) in [6.07, 6.45) is 0.571. The zero-order chi connectivity index (χ0) is 17.9. The molecule has 1 aromatic heterocycles. The van der Waals surface area contributed by atoms with Crippen molar-refractivity contribution in [3.8, 4) is 0 Å². The van der Waals surface area contributed by atoms with Crippen molar-refractivity contribution in [1.29, 1.82) is 0 Å². The Hall–Kier alpha value is -2.63. The van der Waals surface area contributed by atoms with Gasteiger partial charge in [-0.15, -0.1) is 0 Å². The molecule has 0 fully saturated rings. The van der Waals surface area contributed by atoms with E-state index in [1.807, 2.05) is 13.8 Å². The molecule has 6 heteroatoms. The highest BCUT2D eigenvalue weighted by molar-refractivity contribution is 6.08. The number of H-pyrrole nitrogens is 1. The lowest BCUT2D eigenvalue weighted by Crippen LogP contribution is -2.31. The Morgan fingerprint density at radius 1 is 1.21 bits per heavy atom. The number of amides is 1. The Labute approximate surface area is 140 Å². The molecule has 128 valence electrons. The van der Waals surface area contributed by atoms with E-state index < -0.39 is 5.97 Å². The summed E-state index contributed by atoms with van der Waals surface area (Å²) in [6.45, 7) is 5.86. The number of benzene rings is 1. The summed E-state index contributed by atoms with van der Waals surface area (Å²) in [5.74, 6) is -1.10. The number of esters is 1. The standard InChI is InChI=1S/C18H21FN2O3/c1-5-14-15(18(23)24-4)11(3)16(20-14)17(22)21(6-2)13-9-7-12(19)8-10-13/h7-10,20H,5-6H2,1-4H3. The number of nitrogens with one attached hydrogen (secondary N) is 1. The number of hydrogen-bond donors (Lipinski definition) is 1. The predicted octanol–water partition coefficient (Wildman–Crippen LogP) is 3.48. The first-order chi connectivity index (χ1) is 11.4. The highest BCUT2D eigenvalue weighted by Gasteiger charge is 2.26. The summed E-state index contributed by atoms with van der Waals surface area (Å²) >= 11 is 0. The fraction of sp³-hybridized carbons (Fsp3) is 0.333. The monoisotopic (exact) mass is 332 g/mol. The van der Waals surface area contributed by atoms with E-state index in [0.29, 0.717) is 41.2 Å². The largest absolute Gasteiger partial charge is 0.465 e. The van der Waals surface area contributed by atoms with E-state index in [0.717, 1.165) is 0 Å². The number of nitrogens with zero attached hydrogens (tertiary/aromatic N) is 1. The van der Waals surface area contributed by atoms with E-state index in [-0.39, 0.29) is 11.7 Å². The second kappa shape index (κ2) is 7.29. The van der Waals surface area contributed by atoms with Crippen molar-refractivity contribution < 1.29 is 18.7 Å². The van der Waals surface area contributed by atoms with Crippen LogP contribution < -0.4 is 4.90 Å². The second-order valence-corrected chi connectivity index (χ2v) is 5.35. The number of aromatic nitrogens is 1. The van der Waals surface area contributed by atoms with E-state index in [1.54, 1.807) is 19.1 Å². The van der Waals surface area contributed by atoms with E-state index in [9.17, 15) is 14.0 Å². The number of aryl methyl sites for hydroxylation is 1. The molecule has 0 aliphatic rings. The van der Waals surface area contributed by atoms with E-state index >= 15 is 0 Å². The molecule has 5 nitrogen and oxygen atoms in total. The number of halogens is 1. The Morgan fingerprint density at radius 3 is 2.33 bits per heavy atom. The molecule has 0 spiro atoms. The summed E-state index contributed by atoms with van der Waals surface area (Å²) in [7, 11) is 1.31. The predicted molar refractivity (Wildman–Crippen MR) is 90.0 cm³/mol. The van der Waals surface area contributed by atoms with Crippen molar-refractivity contribution in [1.82, 2.24) is 4.98 Å². The number of rotatable bonds is 5. The maximum Gasteiger partial charge on any atom is 0.339 e. The van der Waals surface area contributed by atoms with Gasteiger partial charge in [0.25, 0.3) is 5.91 Å². The number of anilines is 1. The molecular weight excluding hydrogens is 311 g/mol. The third-order valence-corrected chi connectivity index (χ3v) is 3.98. The van der Waals surface area contributed by atoms with Gasteiger partial charge in [-0.05, 0) is 50.1 Å². The molecule has 1 N–H and O–H groups in total. The Morgan fingerprint density at radius 2 is 1.83 bits per heavy atom. The number of methoxy groups -OCH3 is 1. The van der Waals surface area contributed by atoms with Crippen LogP contribution in [0.4, 0.5) is 10.1 Å². The summed E-state index contributed by atoms with van der Waals surface area (Å²) in [6, 6.07) is 5.72. The van der Waals surface area contributed by atoms with Gasteiger partial charge in [0.2, 0.25) is 0 Å². The van der Waals surface area contributed by atoms with Gasteiger partial charge < -0.3 is 14.6 Å². The molecule has 0 saturated heterocycles. The molecule has 1 heterocycles. The van der Waals surface area contributed by atoms with Crippen molar-refractivity contribution in [2.45, 2.75) is 27.2 Å². The van der Waals surface area contributed by atoms with Crippen LogP contribution in [0, 0.1) is 12.7 Å². The number of carbonyl (C=O) groups is 2. The average Bonchev–Trinajstić information content (AvgIpc) is 2.93. The van der Waals surface area contributed by atoms with Crippen LogP contribution >= 0.6 is 0 Å². The van der Waals surface area contributed by atoms with Gasteiger partial charge in [0.15, 0.2) is 0 Å². The lowest BCUT2D eigenvalue weighted by atomic mass is 10.1. The molecule has 0 radical (unpaired) electrons. The van der Waals surface area contributed by atoms with E-state index in [1.165, 1.54) is 24.1 Å². The summed E-state index contributed by atoms with van der Waals surface area (Å²) in [5, 5.41) is 0. The quantitative estimate of drug-likeness (QED) is 0.853. The summed E-state index contributed by atoms with van der Waals surface area (Å²) in [5.41, 5.74) is 2.56. The second-order valence-electron chi connectivity index (χ2n) is 5.35. The van der Waals surface area contributed by atoms with Crippen LogP contribution in [-0.2, 0) is 11.2 Å². The topological polar surface area (TPSA) is 62.4 Å². The Bertz CT molecular complexity index is 750. The van der Waals surface area contributed by atoms with Gasteiger partial charge in [0.05, 0.1) is 12.7 Å². The smallest absolute Gasteiger partial charge is 0.339 e. The van der Waals surface area contributed by atoms with Crippen molar-refractivity contribution >= 4 is 17.6 Å². The molecule has 2 rings (SSSR count). The van der Waals surface area contributed by atoms with Crippen molar-refractivity contribution in [3.63, 3.8) is 0 Å². The maximum atomic E-state index is 13.1. The van der Waals surface area contributed by atoms with Crippen LogP contribution in [0.15, 0.2) is 24.3 Å². The first kappa shape index (κ1) is 17.7. The van der Waals surface area contributed by atoms with Crippen molar-refractivity contribution in [2.24, 2.45) is 0 Å². The maximum absolute atomic E-state index is 13.1. The summed E-state index contributed by atoms with van der Waals surface area (Å²) < 4.78 is 17.9. The van der Waals surface area contributed by atoms with Crippen molar-refractivity contribution in [2.75, 3.05) is 18.6 Å². The molecule has 0 saturated carbocycles. The lowest BCUT2D eigenvalue weighted by molar-refractivity contribution is 0.0599. The zero-order valence-corrected chi connectivity index (χ0v) is 14.3. The third kappa shape index (κ3) is 3.18. The summed E-state index contributed by atoms with van der Waals surface area (Å²) in [4.78, 5) is 29.5. The number of carbonyl (C=O) groups excluding carboxylic acids is 2. The van der Waals surface area contributed by atoms with Gasteiger partial charge in [-0.1, -0.05) is 6.92 Å².